The van der Waals surface area contributed by atoms with Crippen LogP contribution in [0, 0.1) is 31.9 Å². The standard InChI is InChI=1S/C39H32F6N4O.Pt/c1-22(2)25-17-18-46-35(19-25)48-33-14-6-5-11-29(33)30-16-15-28(21-34(30)48)50-27-10-7-9-26(20-27)49-24(4)36(23(3)47-49)37-31(38(40,41)42)12-8-13-32(37)39(43,44)45;/h5-7,9-12,14-19,22,32,37H,8,13H2,1-4H3;/q-2;+2/t32-,37?;/m0./s1. The number of allylic oxidation sites excluding steroid dienone is 2. The molecule has 0 saturated carbocycles. The van der Waals surface area contributed by atoms with Gasteiger partial charge >= 0.3 is 33.4 Å². The summed E-state index contributed by atoms with van der Waals surface area (Å²) in [4.78, 5) is 4.67. The minimum atomic E-state index is -4.92. The van der Waals surface area contributed by atoms with Crippen LogP contribution in [-0.4, -0.2) is 31.7 Å². The molecule has 0 aliphatic heterocycles. The van der Waals surface area contributed by atoms with Crippen LogP contribution in [0.25, 0.3) is 33.3 Å². The summed E-state index contributed by atoms with van der Waals surface area (Å²) < 4.78 is 94.5. The van der Waals surface area contributed by atoms with Crippen molar-refractivity contribution in [3.8, 4) is 23.0 Å². The number of aromatic nitrogens is 4. The van der Waals surface area contributed by atoms with Crippen molar-refractivity contribution in [2.24, 2.45) is 5.92 Å². The molecule has 0 spiro atoms. The molecule has 5 nitrogen and oxygen atoms in total. The number of ether oxygens (including phenoxy) is 1. The Kier molecular flexibility index (Phi) is 9.74. The number of fused-ring (bicyclic) bond motifs is 3. The molecule has 0 saturated heterocycles. The van der Waals surface area contributed by atoms with Crippen molar-refractivity contribution >= 4 is 21.8 Å². The van der Waals surface area contributed by atoms with Gasteiger partial charge in [-0.3, -0.25) is 4.68 Å². The molecule has 0 amide bonds. The summed E-state index contributed by atoms with van der Waals surface area (Å²) >= 11 is 0. The van der Waals surface area contributed by atoms with Crippen LogP contribution in [0.4, 0.5) is 26.3 Å². The SMILES string of the molecule is Cc1nn(-c2[c-]c(Oc3[c-]c4c(cc3)c3ccccc3n4-c3cc(C(C)C)ccn3)ccc2)c(C)c1C1C(C(F)(F)F)=CCC[C@@H]1C(F)(F)F.[Pt+2]. The Labute approximate surface area is 305 Å². The zero-order valence-corrected chi connectivity index (χ0v) is 30.2. The molecule has 0 N–H and O–H groups in total. The average molecular weight is 882 g/mol. The van der Waals surface area contributed by atoms with E-state index >= 15 is 0 Å². The Balaban J connectivity index is 0.00000448. The van der Waals surface area contributed by atoms with Gasteiger partial charge in [0.2, 0.25) is 0 Å². The van der Waals surface area contributed by atoms with Crippen LogP contribution >= 0.6 is 0 Å². The Morgan fingerprint density at radius 2 is 1.63 bits per heavy atom. The molecule has 3 aromatic heterocycles. The first-order chi connectivity index (χ1) is 23.7. The second kappa shape index (κ2) is 13.6. The molecule has 3 aromatic carbocycles. The third kappa shape index (κ3) is 6.73. The molecular weight excluding hydrogens is 850 g/mol. The van der Waals surface area contributed by atoms with Gasteiger partial charge in [0, 0.05) is 46.0 Å². The molecule has 51 heavy (non-hydrogen) atoms. The predicted molar refractivity (Wildman–Crippen MR) is 179 cm³/mol. The van der Waals surface area contributed by atoms with Gasteiger partial charge in [-0.05, 0) is 67.4 Å². The molecular formula is C39H32F6N4OPt. The minimum absolute atomic E-state index is 0. The van der Waals surface area contributed by atoms with E-state index in [1.165, 1.54) is 18.5 Å². The van der Waals surface area contributed by atoms with E-state index in [0.29, 0.717) is 17.4 Å². The first-order valence-electron chi connectivity index (χ1n) is 16.2. The van der Waals surface area contributed by atoms with Gasteiger partial charge in [0.1, 0.15) is 5.82 Å². The predicted octanol–water partition coefficient (Wildman–Crippen LogP) is 11.0. The van der Waals surface area contributed by atoms with E-state index in [2.05, 4.69) is 42.1 Å². The number of pyridine rings is 1. The van der Waals surface area contributed by atoms with E-state index in [4.69, 9.17) is 4.74 Å². The molecule has 3 heterocycles. The van der Waals surface area contributed by atoms with E-state index in [1.54, 1.807) is 30.5 Å². The second-order valence-electron chi connectivity index (χ2n) is 12.9. The smallest absolute Gasteiger partial charge is 0.509 e. The molecule has 12 heteroatoms. The molecule has 0 bridgehead atoms. The maximum atomic E-state index is 14.2. The van der Waals surface area contributed by atoms with Crippen molar-refractivity contribution in [2.45, 2.75) is 64.7 Å². The number of hydrogen-bond donors (Lipinski definition) is 0. The average Bonchev–Trinajstić information content (AvgIpc) is 3.56. The van der Waals surface area contributed by atoms with Gasteiger partial charge in [-0.15, -0.1) is 35.7 Å². The van der Waals surface area contributed by atoms with E-state index in [-0.39, 0.29) is 50.2 Å². The number of hydrogen-bond acceptors (Lipinski definition) is 3. The molecule has 7 rings (SSSR count). The topological polar surface area (TPSA) is 44.9 Å². The second-order valence-corrected chi connectivity index (χ2v) is 12.9. The number of benzene rings is 3. The van der Waals surface area contributed by atoms with Crippen molar-refractivity contribution in [1.29, 1.82) is 0 Å². The monoisotopic (exact) mass is 881 g/mol. The van der Waals surface area contributed by atoms with Gasteiger partial charge in [-0.1, -0.05) is 43.6 Å². The van der Waals surface area contributed by atoms with Crippen LogP contribution in [-0.2, 0) is 21.1 Å². The number of para-hydroxylation sites is 1. The fourth-order valence-corrected chi connectivity index (χ4v) is 7.09. The van der Waals surface area contributed by atoms with Gasteiger partial charge in [0.15, 0.2) is 0 Å². The van der Waals surface area contributed by atoms with Gasteiger partial charge < -0.3 is 9.30 Å². The number of aryl methyl sites for hydroxylation is 1. The van der Waals surface area contributed by atoms with Gasteiger partial charge in [0.05, 0.1) is 11.6 Å². The number of rotatable bonds is 6. The van der Waals surface area contributed by atoms with Crippen molar-refractivity contribution in [3.05, 3.63) is 119 Å². The van der Waals surface area contributed by atoms with E-state index < -0.39 is 36.2 Å². The number of alkyl halides is 6. The van der Waals surface area contributed by atoms with E-state index in [1.807, 2.05) is 41.0 Å². The van der Waals surface area contributed by atoms with Crippen LogP contribution in [0.1, 0.15) is 61.0 Å². The van der Waals surface area contributed by atoms with E-state index in [0.717, 1.165) is 39.3 Å². The summed E-state index contributed by atoms with van der Waals surface area (Å²) in [6.45, 7) is 7.15. The molecule has 1 aliphatic rings. The zero-order valence-electron chi connectivity index (χ0n) is 27.9. The van der Waals surface area contributed by atoms with Crippen LogP contribution in [0.2, 0.25) is 0 Å². The van der Waals surface area contributed by atoms with Gasteiger partial charge in [-0.2, -0.15) is 43.6 Å². The number of halogens is 6. The summed E-state index contributed by atoms with van der Waals surface area (Å²) in [5, 5.41) is 6.38. The fraction of sp³-hybridized carbons (Fsp3) is 0.282. The minimum Gasteiger partial charge on any atom is -0.509 e. The third-order valence-corrected chi connectivity index (χ3v) is 9.41. The summed E-state index contributed by atoms with van der Waals surface area (Å²) in [7, 11) is 0. The van der Waals surface area contributed by atoms with Crippen molar-refractivity contribution in [1.82, 2.24) is 19.3 Å². The van der Waals surface area contributed by atoms with E-state index in [9.17, 15) is 26.3 Å². The molecule has 1 unspecified atom stereocenters. The molecule has 0 radical (unpaired) electrons. The Morgan fingerprint density at radius 3 is 2.35 bits per heavy atom. The maximum Gasteiger partial charge on any atom is 2.00 e. The normalized spacial score (nSPS) is 16.8. The molecule has 6 aromatic rings. The summed E-state index contributed by atoms with van der Waals surface area (Å²) in [6.07, 6.45) is -7.83. The van der Waals surface area contributed by atoms with Crippen molar-refractivity contribution in [2.75, 3.05) is 0 Å². The van der Waals surface area contributed by atoms with Gasteiger partial charge in [0.25, 0.3) is 0 Å². The maximum absolute atomic E-state index is 14.2. The summed E-state index contributed by atoms with van der Waals surface area (Å²) in [6, 6.07) is 27.2. The number of nitrogens with zero attached hydrogens (tertiary/aromatic N) is 4. The van der Waals surface area contributed by atoms with Crippen LogP contribution < -0.4 is 4.74 Å². The first kappa shape index (κ1) is 36.4. The Bertz CT molecular complexity index is 2270. The molecule has 1 aliphatic carbocycles. The molecule has 266 valence electrons. The quantitative estimate of drug-likeness (QED) is 0.0951. The van der Waals surface area contributed by atoms with Crippen molar-refractivity contribution in [3.63, 3.8) is 0 Å². The zero-order chi connectivity index (χ0) is 35.5. The first-order valence-corrected chi connectivity index (χ1v) is 16.2. The Morgan fingerprint density at radius 1 is 0.882 bits per heavy atom. The van der Waals surface area contributed by atoms with Crippen molar-refractivity contribution < 1.29 is 52.1 Å². The van der Waals surface area contributed by atoms with Crippen LogP contribution in [0.5, 0.6) is 11.5 Å². The molecule has 0 fully saturated rings. The largest absolute Gasteiger partial charge is 2.00 e. The Hall–Kier alpha value is -4.37. The third-order valence-electron chi connectivity index (χ3n) is 9.41. The van der Waals surface area contributed by atoms with Crippen LogP contribution in [0.3, 0.4) is 0 Å². The van der Waals surface area contributed by atoms with Gasteiger partial charge in [-0.25, -0.2) is 4.98 Å². The van der Waals surface area contributed by atoms with Crippen LogP contribution in [0.15, 0.2) is 84.6 Å². The summed E-state index contributed by atoms with van der Waals surface area (Å²) in [5.41, 5.74) is 2.11. The summed E-state index contributed by atoms with van der Waals surface area (Å²) in [5.74, 6) is -2.46. The fourth-order valence-electron chi connectivity index (χ4n) is 7.09. The molecule has 2 atom stereocenters.